The van der Waals surface area contributed by atoms with E-state index >= 15 is 0 Å². The topological polar surface area (TPSA) is 116 Å². The number of carbonyl (C=O) groups excluding carboxylic acids is 1. The van der Waals surface area contributed by atoms with Crippen LogP contribution in [0, 0.1) is 18.3 Å². The molecule has 10 heteroatoms. The molecule has 0 unspecified atom stereocenters. The van der Waals surface area contributed by atoms with E-state index in [0.717, 1.165) is 0 Å². The zero-order valence-electron chi connectivity index (χ0n) is 13.0. The van der Waals surface area contributed by atoms with Gasteiger partial charge in [-0.2, -0.15) is 0 Å². The number of carbonyl (C=O) groups is 2. The standard InChI is InChI=1S/C15H13ClN4O5/c1-3-9-12(25-7(2)21)8(4-24-9)11(15(22)23)20-6-19-10-13(16)17-5-18-14(10)20/h1,5-6,8-9,11-12H,4H2,2H3,(H,22,23)/t8-,9+,11+,12+/m0/s1. The van der Waals surface area contributed by atoms with Crippen LogP contribution in [0.15, 0.2) is 12.7 Å². The Morgan fingerprint density at radius 1 is 1.52 bits per heavy atom. The number of aliphatic carboxylic acids is 1. The third kappa shape index (κ3) is 3.01. The highest BCUT2D eigenvalue weighted by molar-refractivity contribution is 6.33. The van der Waals surface area contributed by atoms with Crippen molar-refractivity contribution in [2.24, 2.45) is 5.92 Å². The summed E-state index contributed by atoms with van der Waals surface area (Å²) in [6.45, 7) is 1.22. The number of esters is 1. The molecule has 3 rings (SSSR count). The summed E-state index contributed by atoms with van der Waals surface area (Å²) in [5.41, 5.74) is 0.519. The number of carboxylic acid groups (broad SMARTS) is 1. The normalized spacial score (nSPS) is 24.0. The maximum Gasteiger partial charge on any atom is 0.327 e. The van der Waals surface area contributed by atoms with Crippen molar-refractivity contribution in [2.45, 2.75) is 25.2 Å². The van der Waals surface area contributed by atoms with E-state index in [2.05, 4.69) is 20.9 Å². The van der Waals surface area contributed by atoms with Crippen LogP contribution in [-0.4, -0.2) is 55.4 Å². The number of rotatable bonds is 4. The first-order valence-electron chi connectivity index (χ1n) is 7.24. The molecule has 0 aliphatic carbocycles. The monoisotopic (exact) mass is 364 g/mol. The smallest absolute Gasteiger partial charge is 0.327 e. The highest BCUT2D eigenvalue weighted by Crippen LogP contribution is 2.34. The van der Waals surface area contributed by atoms with Gasteiger partial charge in [0.2, 0.25) is 0 Å². The van der Waals surface area contributed by atoms with Crippen LogP contribution in [0.2, 0.25) is 5.15 Å². The fraction of sp³-hybridized carbons (Fsp3) is 0.400. The van der Waals surface area contributed by atoms with Gasteiger partial charge in [-0.3, -0.25) is 4.79 Å². The van der Waals surface area contributed by atoms with Gasteiger partial charge in [0.25, 0.3) is 0 Å². The van der Waals surface area contributed by atoms with Crippen LogP contribution in [0.5, 0.6) is 0 Å². The molecular formula is C15H13ClN4O5. The molecule has 2 aromatic heterocycles. The lowest BCUT2D eigenvalue weighted by molar-refractivity contribution is -0.154. The maximum atomic E-state index is 12.0. The number of terminal acetylenes is 1. The third-order valence-electron chi connectivity index (χ3n) is 3.93. The average molecular weight is 365 g/mol. The lowest BCUT2D eigenvalue weighted by atomic mass is 9.93. The van der Waals surface area contributed by atoms with Gasteiger partial charge in [0, 0.05) is 6.92 Å². The second-order valence-corrected chi connectivity index (χ2v) is 5.79. The van der Waals surface area contributed by atoms with Gasteiger partial charge in [0.1, 0.15) is 24.0 Å². The zero-order valence-corrected chi connectivity index (χ0v) is 13.8. The molecule has 9 nitrogen and oxygen atoms in total. The van der Waals surface area contributed by atoms with Gasteiger partial charge in [-0.25, -0.2) is 19.7 Å². The molecule has 130 valence electrons. The number of nitrogens with zero attached hydrogens (tertiary/aromatic N) is 4. The number of halogens is 1. The van der Waals surface area contributed by atoms with E-state index in [1.165, 1.54) is 24.1 Å². The average Bonchev–Trinajstić information content (AvgIpc) is 3.13. The van der Waals surface area contributed by atoms with E-state index in [1.807, 2.05) is 0 Å². The van der Waals surface area contributed by atoms with Gasteiger partial charge in [-0.15, -0.1) is 6.42 Å². The summed E-state index contributed by atoms with van der Waals surface area (Å²) in [6.07, 6.45) is 6.18. The maximum absolute atomic E-state index is 12.0. The summed E-state index contributed by atoms with van der Waals surface area (Å²) >= 11 is 5.96. The molecular weight excluding hydrogens is 352 g/mol. The van der Waals surface area contributed by atoms with E-state index in [9.17, 15) is 14.7 Å². The lowest BCUT2D eigenvalue weighted by Crippen LogP contribution is -2.38. The van der Waals surface area contributed by atoms with Gasteiger partial charge >= 0.3 is 11.9 Å². The highest BCUT2D eigenvalue weighted by atomic mass is 35.5. The van der Waals surface area contributed by atoms with E-state index < -0.39 is 36.1 Å². The second-order valence-electron chi connectivity index (χ2n) is 5.43. The molecule has 1 N–H and O–H groups in total. The van der Waals surface area contributed by atoms with Crippen LogP contribution >= 0.6 is 11.6 Å². The highest BCUT2D eigenvalue weighted by Gasteiger charge is 2.47. The fourth-order valence-corrected chi connectivity index (χ4v) is 3.10. The quantitative estimate of drug-likeness (QED) is 0.478. The molecule has 0 amide bonds. The van der Waals surface area contributed by atoms with Crippen molar-refractivity contribution in [3.8, 4) is 12.3 Å². The molecule has 1 saturated heterocycles. The minimum absolute atomic E-state index is 0.00225. The molecule has 0 saturated carbocycles. The Hall–Kier alpha value is -2.70. The minimum Gasteiger partial charge on any atom is -0.480 e. The molecule has 1 aliphatic heterocycles. The first kappa shape index (κ1) is 17.1. The number of aromatic nitrogens is 4. The lowest BCUT2D eigenvalue weighted by Gasteiger charge is -2.26. The first-order chi connectivity index (χ1) is 11.9. The number of imidazole rings is 1. The van der Waals surface area contributed by atoms with Crippen molar-refractivity contribution in [1.29, 1.82) is 0 Å². The van der Waals surface area contributed by atoms with Crippen molar-refractivity contribution in [1.82, 2.24) is 19.5 Å². The van der Waals surface area contributed by atoms with Crippen LogP contribution in [0.25, 0.3) is 11.2 Å². The van der Waals surface area contributed by atoms with Crippen LogP contribution in [-0.2, 0) is 19.1 Å². The second kappa shape index (κ2) is 6.66. The van der Waals surface area contributed by atoms with E-state index in [4.69, 9.17) is 27.5 Å². The van der Waals surface area contributed by atoms with Crippen LogP contribution in [0.4, 0.5) is 0 Å². The van der Waals surface area contributed by atoms with Gasteiger partial charge in [0.15, 0.2) is 16.9 Å². The predicted octanol–water partition coefficient (Wildman–Crippen LogP) is 0.685. The Morgan fingerprint density at radius 2 is 2.28 bits per heavy atom. The van der Waals surface area contributed by atoms with Crippen molar-refractivity contribution in [2.75, 3.05) is 6.61 Å². The first-order valence-corrected chi connectivity index (χ1v) is 7.62. The summed E-state index contributed by atoms with van der Waals surface area (Å²) in [4.78, 5) is 35.3. The molecule has 3 heterocycles. The summed E-state index contributed by atoms with van der Waals surface area (Å²) in [5.74, 6) is -0.104. The molecule has 1 fully saturated rings. The van der Waals surface area contributed by atoms with Gasteiger partial charge in [-0.05, 0) is 0 Å². The van der Waals surface area contributed by atoms with Crippen molar-refractivity contribution in [3.63, 3.8) is 0 Å². The third-order valence-corrected chi connectivity index (χ3v) is 4.20. The van der Waals surface area contributed by atoms with Crippen LogP contribution in [0.3, 0.4) is 0 Å². The predicted molar refractivity (Wildman–Crippen MR) is 84.6 cm³/mol. The Labute approximate surface area is 146 Å². The summed E-state index contributed by atoms with van der Waals surface area (Å²) in [7, 11) is 0. The number of fused-ring (bicyclic) bond motifs is 1. The summed E-state index contributed by atoms with van der Waals surface area (Å²) < 4.78 is 12.0. The van der Waals surface area contributed by atoms with Gasteiger partial charge in [0.05, 0.1) is 18.9 Å². The SMILES string of the molecule is C#C[C@H]1OC[C@@H]([C@H](C(=O)O)n2cnc3c(Cl)ncnc32)[C@H]1OC(C)=O. The minimum atomic E-state index is -1.17. The molecule has 0 spiro atoms. The van der Waals surface area contributed by atoms with E-state index in [0.29, 0.717) is 0 Å². The number of carboxylic acids is 1. The summed E-state index contributed by atoms with van der Waals surface area (Å²) in [5, 5.41) is 9.88. The molecule has 1 aliphatic rings. The van der Waals surface area contributed by atoms with Gasteiger partial charge < -0.3 is 19.1 Å². The van der Waals surface area contributed by atoms with E-state index in [1.54, 1.807) is 0 Å². The van der Waals surface area contributed by atoms with Crippen molar-refractivity contribution < 1.29 is 24.2 Å². The van der Waals surface area contributed by atoms with Crippen LogP contribution in [0.1, 0.15) is 13.0 Å². The summed E-state index contributed by atoms with van der Waals surface area (Å²) in [6, 6.07) is -1.17. The number of hydrogen-bond donors (Lipinski definition) is 1. The zero-order chi connectivity index (χ0) is 18.1. The van der Waals surface area contributed by atoms with E-state index in [-0.39, 0.29) is 22.9 Å². The largest absolute Gasteiger partial charge is 0.480 e. The Morgan fingerprint density at radius 3 is 2.92 bits per heavy atom. The van der Waals surface area contributed by atoms with Crippen LogP contribution < -0.4 is 0 Å². The molecule has 2 aromatic rings. The number of hydrogen-bond acceptors (Lipinski definition) is 7. The number of ether oxygens (including phenoxy) is 2. The molecule has 0 aromatic carbocycles. The molecule has 0 bridgehead atoms. The Bertz CT molecular complexity index is 876. The fourth-order valence-electron chi connectivity index (χ4n) is 2.92. The Balaban J connectivity index is 2.06. The molecule has 25 heavy (non-hydrogen) atoms. The van der Waals surface area contributed by atoms with Crippen molar-refractivity contribution in [3.05, 3.63) is 17.8 Å². The van der Waals surface area contributed by atoms with Gasteiger partial charge in [-0.1, -0.05) is 17.5 Å². The van der Waals surface area contributed by atoms with Crippen molar-refractivity contribution >= 4 is 34.7 Å². The molecule has 4 atom stereocenters. The Kier molecular flexibility index (Phi) is 4.57. The molecule has 0 radical (unpaired) electrons.